The Morgan fingerprint density at radius 1 is 1.54 bits per heavy atom. The first-order valence-electron chi connectivity index (χ1n) is 3.51. The van der Waals surface area contributed by atoms with Gasteiger partial charge >= 0.3 is 5.97 Å². The summed E-state index contributed by atoms with van der Waals surface area (Å²) in [5, 5.41) is 2.66. The van der Waals surface area contributed by atoms with Gasteiger partial charge < -0.3 is 4.74 Å². The van der Waals surface area contributed by atoms with E-state index in [0.717, 1.165) is 0 Å². The summed E-state index contributed by atoms with van der Waals surface area (Å²) < 4.78 is 4.45. The van der Waals surface area contributed by atoms with Gasteiger partial charge in [-0.05, 0) is 17.3 Å². The standard InChI is InChI=1S/C8H6BNO3/c1-13-8(11)5-3-2-4-6(10-12)7(5)9/h2-4H,1H3. The molecule has 0 amide bonds. The molecule has 1 rings (SSSR count). The van der Waals surface area contributed by atoms with Crippen molar-refractivity contribution in [3.8, 4) is 0 Å². The normalized spacial score (nSPS) is 9.31. The lowest BCUT2D eigenvalue weighted by Gasteiger charge is -2.04. The van der Waals surface area contributed by atoms with Crippen molar-refractivity contribution in [2.24, 2.45) is 5.18 Å². The second kappa shape index (κ2) is 3.84. The van der Waals surface area contributed by atoms with E-state index in [-0.39, 0.29) is 16.7 Å². The number of nitrogens with zero attached hydrogens (tertiary/aromatic N) is 1. The molecule has 0 spiro atoms. The lowest BCUT2D eigenvalue weighted by molar-refractivity contribution is 0.0602. The van der Waals surface area contributed by atoms with Gasteiger partial charge in [0.05, 0.1) is 12.7 Å². The maximum absolute atomic E-state index is 11.1. The number of benzene rings is 1. The van der Waals surface area contributed by atoms with Crippen LogP contribution in [0.1, 0.15) is 10.4 Å². The Hall–Kier alpha value is -1.65. The van der Waals surface area contributed by atoms with Crippen LogP contribution in [-0.4, -0.2) is 20.9 Å². The van der Waals surface area contributed by atoms with Gasteiger partial charge in [-0.15, -0.1) is 4.91 Å². The monoisotopic (exact) mass is 175 g/mol. The topological polar surface area (TPSA) is 55.7 Å². The van der Waals surface area contributed by atoms with Crippen molar-refractivity contribution in [1.29, 1.82) is 0 Å². The van der Waals surface area contributed by atoms with Crippen LogP contribution in [0.5, 0.6) is 0 Å². The fraction of sp³-hybridized carbons (Fsp3) is 0.125. The van der Waals surface area contributed by atoms with Crippen LogP contribution >= 0.6 is 0 Å². The minimum Gasteiger partial charge on any atom is -0.465 e. The summed E-state index contributed by atoms with van der Waals surface area (Å²) in [7, 11) is 6.71. The van der Waals surface area contributed by atoms with Gasteiger partial charge in [-0.3, -0.25) is 0 Å². The highest BCUT2D eigenvalue weighted by Gasteiger charge is 2.10. The highest BCUT2D eigenvalue weighted by Crippen LogP contribution is 2.09. The van der Waals surface area contributed by atoms with Gasteiger partial charge in [0.1, 0.15) is 13.5 Å². The molecule has 0 atom stereocenters. The number of carbonyl (C=O) groups is 1. The molecule has 0 saturated heterocycles. The Kier molecular flexibility index (Phi) is 2.79. The molecule has 0 aliphatic rings. The van der Waals surface area contributed by atoms with Crippen molar-refractivity contribution < 1.29 is 9.53 Å². The molecule has 5 heteroatoms. The Balaban J connectivity index is 3.23. The smallest absolute Gasteiger partial charge is 0.337 e. The molecule has 4 nitrogen and oxygen atoms in total. The van der Waals surface area contributed by atoms with E-state index in [9.17, 15) is 9.70 Å². The molecule has 2 radical (unpaired) electrons. The van der Waals surface area contributed by atoms with Crippen molar-refractivity contribution >= 4 is 25.0 Å². The molecule has 0 heterocycles. The zero-order chi connectivity index (χ0) is 9.84. The van der Waals surface area contributed by atoms with Crippen LogP contribution in [0.25, 0.3) is 0 Å². The molecule has 0 fully saturated rings. The number of methoxy groups -OCH3 is 1. The van der Waals surface area contributed by atoms with Crippen LogP contribution in [0.4, 0.5) is 5.69 Å². The van der Waals surface area contributed by atoms with E-state index in [1.54, 1.807) is 0 Å². The summed E-state index contributed by atoms with van der Waals surface area (Å²) in [5.74, 6) is -0.581. The molecule has 0 unspecified atom stereocenters. The van der Waals surface area contributed by atoms with E-state index in [1.807, 2.05) is 0 Å². The Labute approximate surface area is 76.3 Å². The van der Waals surface area contributed by atoms with Gasteiger partial charge in [-0.25, -0.2) is 4.79 Å². The Bertz CT molecular complexity index is 351. The SMILES string of the molecule is [B]c1c(N=O)cccc1C(=O)OC. The van der Waals surface area contributed by atoms with E-state index >= 15 is 0 Å². The van der Waals surface area contributed by atoms with Crippen molar-refractivity contribution in [3.05, 3.63) is 28.7 Å². The third-order valence-corrected chi connectivity index (χ3v) is 1.59. The summed E-state index contributed by atoms with van der Waals surface area (Å²) in [6.07, 6.45) is 0. The zero-order valence-electron chi connectivity index (χ0n) is 6.98. The van der Waals surface area contributed by atoms with Gasteiger partial charge in [0.25, 0.3) is 0 Å². The van der Waals surface area contributed by atoms with Crippen molar-refractivity contribution in [1.82, 2.24) is 0 Å². The number of rotatable bonds is 2. The first-order chi connectivity index (χ1) is 6.20. The third kappa shape index (κ3) is 1.74. The fourth-order valence-corrected chi connectivity index (χ4v) is 0.921. The summed E-state index contributed by atoms with van der Waals surface area (Å²) in [6.45, 7) is 0. The Morgan fingerprint density at radius 3 is 2.77 bits per heavy atom. The van der Waals surface area contributed by atoms with Crippen LogP contribution in [-0.2, 0) is 4.74 Å². The quantitative estimate of drug-likeness (QED) is 0.377. The minimum atomic E-state index is -0.581. The molecule has 0 bridgehead atoms. The molecule has 1 aromatic rings. The predicted molar refractivity (Wildman–Crippen MR) is 48.6 cm³/mol. The number of hydrogen-bond acceptors (Lipinski definition) is 4. The van der Waals surface area contributed by atoms with Crippen molar-refractivity contribution in [3.63, 3.8) is 0 Å². The van der Waals surface area contributed by atoms with Crippen LogP contribution < -0.4 is 5.46 Å². The van der Waals surface area contributed by atoms with Crippen LogP contribution in [0, 0.1) is 4.91 Å². The summed E-state index contributed by atoms with van der Waals surface area (Å²) in [4.78, 5) is 21.3. The molecule has 1 aromatic carbocycles. The average Bonchev–Trinajstić information content (AvgIpc) is 2.17. The predicted octanol–water partition coefficient (Wildman–Crippen LogP) is 0.665. The second-order valence-electron chi connectivity index (χ2n) is 2.32. The van der Waals surface area contributed by atoms with Gasteiger partial charge in [0.2, 0.25) is 0 Å². The molecule has 0 aliphatic heterocycles. The van der Waals surface area contributed by atoms with E-state index in [4.69, 9.17) is 7.85 Å². The first-order valence-corrected chi connectivity index (χ1v) is 3.51. The highest BCUT2D eigenvalue weighted by atomic mass is 16.5. The Morgan fingerprint density at radius 2 is 2.23 bits per heavy atom. The van der Waals surface area contributed by atoms with Gasteiger partial charge in [-0.1, -0.05) is 11.5 Å². The van der Waals surface area contributed by atoms with Gasteiger partial charge in [0.15, 0.2) is 0 Å². The van der Waals surface area contributed by atoms with Gasteiger partial charge in [-0.2, -0.15) is 0 Å². The maximum atomic E-state index is 11.1. The summed E-state index contributed by atoms with van der Waals surface area (Å²) in [5.41, 5.74) is 0.242. The van der Waals surface area contributed by atoms with Crippen molar-refractivity contribution in [2.45, 2.75) is 0 Å². The number of esters is 1. The number of carbonyl (C=O) groups excluding carboxylic acids is 1. The van der Waals surface area contributed by atoms with Crippen LogP contribution in [0.15, 0.2) is 23.4 Å². The highest BCUT2D eigenvalue weighted by molar-refractivity contribution is 6.39. The summed E-state index contributed by atoms with van der Waals surface area (Å²) >= 11 is 0. The van der Waals surface area contributed by atoms with Crippen LogP contribution in [0.2, 0.25) is 0 Å². The lowest BCUT2D eigenvalue weighted by atomic mass is 9.89. The van der Waals surface area contributed by atoms with Crippen molar-refractivity contribution in [2.75, 3.05) is 7.11 Å². The van der Waals surface area contributed by atoms with Crippen LogP contribution in [0.3, 0.4) is 0 Å². The van der Waals surface area contributed by atoms with E-state index in [0.29, 0.717) is 0 Å². The maximum Gasteiger partial charge on any atom is 0.337 e. The molecule has 13 heavy (non-hydrogen) atoms. The largest absolute Gasteiger partial charge is 0.465 e. The van der Waals surface area contributed by atoms with E-state index in [1.165, 1.54) is 25.3 Å². The molecular weight excluding hydrogens is 169 g/mol. The zero-order valence-corrected chi connectivity index (χ0v) is 6.98. The lowest BCUT2D eigenvalue weighted by Crippen LogP contribution is -2.17. The molecular formula is C8H6BNO3. The third-order valence-electron chi connectivity index (χ3n) is 1.59. The molecule has 64 valence electrons. The average molecular weight is 175 g/mol. The molecule has 0 aliphatic carbocycles. The number of nitroso groups, excluding NO2 is 1. The fourth-order valence-electron chi connectivity index (χ4n) is 0.921. The summed E-state index contributed by atoms with van der Waals surface area (Å²) in [6, 6.07) is 4.41. The van der Waals surface area contributed by atoms with E-state index < -0.39 is 5.97 Å². The first kappa shape index (κ1) is 9.44. The molecule has 0 aromatic heterocycles. The number of hydrogen-bond donors (Lipinski definition) is 0. The molecule has 0 N–H and O–H groups in total. The van der Waals surface area contributed by atoms with E-state index in [2.05, 4.69) is 9.91 Å². The molecule has 0 saturated carbocycles. The second-order valence-corrected chi connectivity index (χ2v) is 2.32. The number of ether oxygens (including phenoxy) is 1. The van der Waals surface area contributed by atoms with Gasteiger partial charge in [0, 0.05) is 0 Å². The minimum absolute atomic E-state index is 0.0444.